The van der Waals surface area contributed by atoms with E-state index in [1.54, 1.807) is 29.3 Å². The van der Waals surface area contributed by atoms with Gasteiger partial charge in [-0.25, -0.2) is 4.98 Å². The number of phenols is 1. The number of aryl methyl sites for hydroxylation is 2. The van der Waals surface area contributed by atoms with Gasteiger partial charge in [0.25, 0.3) is 0 Å². The van der Waals surface area contributed by atoms with Crippen LogP contribution in [0.25, 0.3) is 0 Å². The standard InChI is InChI=1S/C19H21N5O2/c1-23-14(7-8-22-23)5-6-18(26)24-10-16(13-3-2-4-15(25)9-13)19-17(11-24)20-12-21-19/h2-4,7-9,12,16,25H,5-6,10-11H2,1H3,(H,20,21). The SMILES string of the molecule is Cn1nccc1CCC(=O)N1Cc2[nH]cnc2C(c2cccc(O)c2)C1. The first kappa shape index (κ1) is 16.4. The highest BCUT2D eigenvalue weighted by Gasteiger charge is 2.31. The van der Waals surface area contributed by atoms with E-state index in [1.165, 1.54) is 0 Å². The predicted octanol–water partition coefficient (Wildman–Crippen LogP) is 1.96. The number of phenolic OH excluding ortho intramolecular Hbond substituents is 1. The Hall–Kier alpha value is -3.09. The van der Waals surface area contributed by atoms with Gasteiger partial charge in [-0.05, 0) is 30.2 Å². The molecule has 0 saturated heterocycles. The largest absolute Gasteiger partial charge is 0.508 e. The van der Waals surface area contributed by atoms with Crippen LogP contribution in [0.4, 0.5) is 0 Å². The van der Waals surface area contributed by atoms with Crippen LogP contribution in [0.3, 0.4) is 0 Å². The second kappa shape index (κ2) is 6.67. The van der Waals surface area contributed by atoms with Crippen LogP contribution in [0.2, 0.25) is 0 Å². The Morgan fingerprint density at radius 1 is 1.38 bits per heavy atom. The van der Waals surface area contributed by atoms with E-state index in [1.807, 2.05) is 30.1 Å². The Morgan fingerprint density at radius 3 is 3.04 bits per heavy atom. The summed E-state index contributed by atoms with van der Waals surface area (Å²) >= 11 is 0. The molecule has 0 bridgehead atoms. The number of carbonyl (C=O) groups is 1. The van der Waals surface area contributed by atoms with E-state index < -0.39 is 0 Å². The molecule has 3 heterocycles. The number of carbonyl (C=O) groups excluding carboxylic acids is 1. The third kappa shape index (κ3) is 3.08. The van der Waals surface area contributed by atoms with E-state index >= 15 is 0 Å². The van der Waals surface area contributed by atoms with Gasteiger partial charge in [-0.2, -0.15) is 5.10 Å². The molecule has 7 nitrogen and oxygen atoms in total. The third-order valence-corrected chi connectivity index (χ3v) is 4.98. The molecule has 1 amide bonds. The van der Waals surface area contributed by atoms with Gasteiger partial charge in [-0.3, -0.25) is 9.48 Å². The molecule has 1 aliphatic heterocycles. The van der Waals surface area contributed by atoms with Crippen molar-refractivity contribution < 1.29 is 9.90 Å². The third-order valence-electron chi connectivity index (χ3n) is 4.98. The topological polar surface area (TPSA) is 87.0 Å². The summed E-state index contributed by atoms with van der Waals surface area (Å²) in [4.78, 5) is 22.3. The molecule has 7 heteroatoms. The Labute approximate surface area is 151 Å². The average molecular weight is 351 g/mol. The number of nitrogens with zero attached hydrogens (tertiary/aromatic N) is 4. The van der Waals surface area contributed by atoms with Crippen molar-refractivity contribution in [3.8, 4) is 5.75 Å². The Balaban J connectivity index is 1.53. The molecule has 134 valence electrons. The first-order chi connectivity index (χ1) is 12.6. The molecular weight excluding hydrogens is 330 g/mol. The fraction of sp³-hybridized carbons (Fsp3) is 0.316. The number of amides is 1. The van der Waals surface area contributed by atoms with Crippen LogP contribution in [-0.2, 0) is 24.8 Å². The van der Waals surface area contributed by atoms with E-state index in [0.717, 1.165) is 22.6 Å². The summed E-state index contributed by atoms with van der Waals surface area (Å²) in [6.45, 7) is 1.10. The van der Waals surface area contributed by atoms with E-state index in [4.69, 9.17) is 0 Å². The minimum Gasteiger partial charge on any atom is -0.508 e. The number of benzene rings is 1. The minimum atomic E-state index is -0.0437. The highest BCUT2D eigenvalue weighted by atomic mass is 16.3. The second-order valence-corrected chi connectivity index (χ2v) is 6.63. The molecule has 1 aromatic carbocycles. The van der Waals surface area contributed by atoms with Crippen molar-refractivity contribution in [1.82, 2.24) is 24.6 Å². The van der Waals surface area contributed by atoms with Crippen molar-refractivity contribution in [1.29, 1.82) is 0 Å². The number of aromatic amines is 1. The molecule has 1 unspecified atom stereocenters. The monoisotopic (exact) mass is 351 g/mol. The number of nitrogens with one attached hydrogen (secondary N) is 1. The molecule has 0 radical (unpaired) electrons. The Kier molecular flexibility index (Phi) is 4.20. The van der Waals surface area contributed by atoms with Crippen molar-refractivity contribution in [2.45, 2.75) is 25.3 Å². The molecule has 0 aliphatic carbocycles. The first-order valence-corrected chi connectivity index (χ1v) is 8.67. The van der Waals surface area contributed by atoms with Crippen LogP contribution in [-0.4, -0.2) is 42.2 Å². The van der Waals surface area contributed by atoms with Gasteiger partial charge in [0.2, 0.25) is 5.91 Å². The smallest absolute Gasteiger partial charge is 0.223 e. The maximum atomic E-state index is 12.8. The van der Waals surface area contributed by atoms with Crippen molar-refractivity contribution in [2.24, 2.45) is 7.05 Å². The molecule has 0 spiro atoms. The number of aromatic nitrogens is 4. The normalized spacial score (nSPS) is 16.5. The average Bonchev–Trinajstić information content (AvgIpc) is 3.27. The highest BCUT2D eigenvalue weighted by Crippen LogP contribution is 2.33. The summed E-state index contributed by atoms with van der Waals surface area (Å²) in [6.07, 6.45) is 4.52. The van der Waals surface area contributed by atoms with Crippen molar-refractivity contribution in [3.05, 3.63) is 65.5 Å². The van der Waals surface area contributed by atoms with Gasteiger partial charge < -0.3 is 15.0 Å². The maximum Gasteiger partial charge on any atom is 0.223 e. The molecule has 1 aliphatic rings. The molecule has 4 rings (SSSR count). The van der Waals surface area contributed by atoms with Gasteiger partial charge in [-0.15, -0.1) is 0 Å². The number of hydrogen-bond acceptors (Lipinski definition) is 4. The minimum absolute atomic E-state index is 0.0437. The fourth-order valence-corrected chi connectivity index (χ4v) is 3.56. The molecule has 0 saturated carbocycles. The zero-order chi connectivity index (χ0) is 18.1. The van der Waals surface area contributed by atoms with Crippen molar-refractivity contribution in [2.75, 3.05) is 6.54 Å². The van der Waals surface area contributed by atoms with Gasteiger partial charge in [0, 0.05) is 37.8 Å². The lowest BCUT2D eigenvalue weighted by molar-refractivity contribution is -0.132. The molecule has 2 aromatic heterocycles. The number of H-pyrrole nitrogens is 1. The number of rotatable bonds is 4. The van der Waals surface area contributed by atoms with Gasteiger partial charge in [0.05, 0.1) is 24.3 Å². The lowest BCUT2D eigenvalue weighted by atomic mass is 9.90. The van der Waals surface area contributed by atoms with Crippen LogP contribution in [0.5, 0.6) is 5.75 Å². The summed E-state index contributed by atoms with van der Waals surface area (Å²) in [5, 5.41) is 14.0. The van der Waals surface area contributed by atoms with Gasteiger partial charge in [0.15, 0.2) is 0 Å². The zero-order valence-electron chi connectivity index (χ0n) is 14.6. The van der Waals surface area contributed by atoms with Crippen LogP contribution in [0.1, 0.15) is 35.0 Å². The van der Waals surface area contributed by atoms with Gasteiger partial charge in [-0.1, -0.05) is 12.1 Å². The lowest BCUT2D eigenvalue weighted by Gasteiger charge is -2.32. The summed E-state index contributed by atoms with van der Waals surface area (Å²) in [7, 11) is 1.88. The molecule has 3 aromatic rings. The van der Waals surface area contributed by atoms with Crippen LogP contribution < -0.4 is 0 Å². The maximum absolute atomic E-state index is 12.8. The van der Waals surface area contributed by atoms with E-state index in [0.29, 0.717) is 25.9 Å². The Bertz CT molecular complexity index is 929. The summed E-state index contributed by atoms with van der Waals surface area (Å²) in [5.41, 5.74) is 3.91. The lowest BCUT2D eigenvalue weighted by Crippen LogP contribution is -2.38. The first-order valence-electron chi connectivity index (χ1n) is 8.67. The van der Waals surface area contributed by atoms with Crippen LogP contribution >= 0.6 is 0 Å². The summed E-state index contributed by atoms with van der Waals surface area (Å²) < 4.78 is 1.80. The van der Waals surface area contributed by atoms with Crippen molar-refractivity contribution in [3.63, 3.8) is 0 Å². The number of hydrogen-bond donors (Lipinski definition) is 2. The number of imidazole rings is 1. The van der Waals surface area contributed by atoms with Crippen LogP contribution in [0, 0.1) is 0 Å². The molecule has 1 atom stereocenters. The molecular formula is C19H21N5O2. The number of fused-ring (bicyclic) bond motifs is 1. The second-order valence-electron chi connectivity index (χ2n) is 6.63. The van der Waals surface area contributed by atoms with Crippen molar-refractivity contribution >= 4 is 5.91 Å². The summed E-state index contributed by atoms with van der Waals surface area (Å²) in [5.74, 6) is 0.286. The van der Waals surface area contributed by atoms with Gasteiger partial charge >= 0.3 is 0 Å². The van der Waals surface area contributed by atoms with Crippen LogP contribution in [0.15, 0.2) is 42.9 Å². The molecule has 0 fully saturated rings. The number of aromatic hydroxyl groups is 1. The quantitative estimate of drug-likeness (QED) is 0.752. The van der Waals surface area contributed by atoms with E-state index in [2.05, 4.69) is 15.1 Å². The van der Waals surface area contributed by atoms with Gasteiger partial charge in [0.1, 0.15) is 5.75 Å². The van der Waals surface area contributed by atoms with E-state index in [9.17, 15) is 9.90 Å². The molecule has 26 heavy (non-hydrogen) atoms. The molecule has 2 N–H and O–H groups in total. The Morgan fingerprint density at radius 2 is 2.27 bits per heavy atom. The van der Waals surface area contributed by atoms with E-state index in [-0.39, 0.29) is 17.6 Å². The predicted molar refractivity (Wildman–Crippen MR) is 95.5 cm³/mol. The summed E-state index contributed by atoms with van der Waals surface area (Å²) in [6, 6.07) is 9.11. The fourth-order valence-electron chi connectivity index (χ4n) is 3.56. The highest BCUT2D eigenvalue weighted by molar-refractivity contribution is 5.77. The zero-order valence-corrected chi connectivity index (χ0v) is 14.6.